The lowest BCUT2D eigenvalue weighted by Gasteiger charge is -2.05. The van der Waals surface area contributed by atoms with Gasteiger partial charge in [0.25, 0.3) is 10.0 Å². The van der Waals surface area contributed by atoms with E-state index in [0.29, 0.717) is 15.8 Å². The number of benzene rings is 1. The molecule has 2 aromatic rings. The van der Waals surface area contributed by atoms with E-state index in [4.69, 9.17) is 9.79 Å². The van der Waals surface area contributed by atoms with E-state index < -0.39 is 23.9 Å². The van der Waals surface area contributed by atoms with Crippen molar-refractivity contribution >= 4 is 66.6 Å². The summed E-state index contributed by atoms with van der Waals surface area (Å²) in [5.41, 5.74) is 0.520. The van der Waals surface area contributed by atoms with Crippen molar-refractivity contribution in [3.05, 3.63) is 24.3 Å². The van der Waals surface area contributed by atoms with E-state index in [1.165, 1.54) is 6.07 Å². The summed E-state index contributed by atoms with van der Waals surface area (Å²) in [6.07, 6.45) is -0.962. The molecule has 1 aromatic heterocycles. The number of hydrogen-bond acceptors (Lipinski definition) is 5. The predicted molar refractivity (Wildman–Crippen MR) is 91.5 cm³/mol. The van der Waals surface area contributed by atoms with Crippen LogP contribution < -0.4 is 10.0 Å². The van der Waals surface area contributed by atoms with Crippen molar-refractivity contribution in [2.75, 3.05) is 16.9 Å². The van der Waals surface area contributed by atoms with E-state index in [0.717, 1.165) is 11.3 Å². The van der Waals surface area contributed by atoms with E-state index in [1.54, 1.807) is 18.2 Å². The van der Waals surface area contributed by atoms with Crippen LogP contribution in [-0.2, 0) is 19.4 Å². The first-order valence-corrected chi connectivity index (χ1v) is 11.3. The predicted octanol–water partition coefficient (Wildman–Crippen LogP) is 1.65. The Hall–Kier alpha value is -0.810. The van der Waals surface area contributed by atoms with Gasteiger partial charge in [-0.25, -0.2) is 8.42 Å². The first-order chi connectivity index (χ1) is 10.6. The molecule has 0 aliphatic heterocycles. The van der Waals surface area contributed by atoms with Crippen LogP contribution in [-0.4, -0.2) is 35.7 Å². The van der Waals surface area contributed by atoms with Crippen molar-refractivity contribution in [3.63, 3.8) is 0 Å². The molecule has 1 amide bonds. The lowest BCUT2D eigenvalue weighted by atomic mass is 10.2. The number of nitrogens with one attached hydrogen (secondary N) is 2. The first-order valence-electron chi connectivity index (χ1n) is 6.04. The zero-order valence-electron chi connectivity index (χ0n) is 11.4. The van der Waals surface area contributed by atoms with E-state index in [9.17, 15) is 17.8 Å². The maximum Gasteiger partial charge on any atom is 0.340 e. The lowest BCUT2D eigenvalue weighted by Crippen LogP contribution is -2.23. The zero-order valence-corrected chi connectivity index (χ0v) is 15.5. The van der Waals surface area contributed by atoms with Gasteiger partial charge in [0.05, 0.1) is 5.33 Å². The van der Waals surface area contributed by atoms with Crippen LogP contribution in [0.1, 0.15) is 0 Å². The Morgan fingerprint density at radius 1 is 1.30 bits per heavy atom. The fourth-order valence-electron chi connectivity index (χ4n) is 1.66. The SMILES string of the molecule is O=C(CBr)Nc1ccc2sc(S(=O)(=O)NCP(=O)(O)O)cc2c1. The van der Waals surface area contributed by atoms with Crippen molar-refractivity contribution in [2.24, 2.45) is 0 Å². The molecule has 23 heavy (non-hydrogen) atoms. The standard InChI is InChI=1S/C11H12BrN2O6PS2/c12-5-10(15)14-8-1-2-9-7(3-8)4-11(22-9)23(19,20)13-6-21(16,17)18/h1-4,13H,5-6H2,(H,14,15)(H2,16,17,18). The third kappa shape index (κ3) is 5.08. The molecule has 4 N–H and O–H groups in total. The molecule has 0 unspecified atom stereocenters. The Morgan fingerprint density at radius 2 is 2.00 bits per heavy atom. The van der Waals surface area contributed by atoms with Crippen molar-refractivity contribution < 1.29 is 27.6 Å². The number of amides is 1. The quantitative estimate of drug-likeness (QED) is 0.397. The number of hydrogen-bond donors (Lipinski definition) is 4. The van der Waals surface area contributed by atoms with Gasteiger partial charge in [0, 0.05) is 10.4 Å². The molecule has 0 aliphatic rings. The highest BCUT2D eigenvalue weighted by Crippen LogP contribution is 2.34. The monoisotopic (exact) mass is 442 g/mol. The van der Waals surface area contributed by atoms with Crippen molar-refractivity contribution in [1.82, 2.24) is 4.72 Å². The summed E-state index contributed by atoms with van der Waals surface area (Å²) in [5, 5.41) is 3.36. The minimum atomic E-state index is -4.48. The molecule has 0 saturated heterocycles. The summed E-state index contributed by atoms with van der Waals surface area (Å²) >= 11 is 3.99. The number of rotatable bonds is 6. The number of fused-ring (bicyclic) bond motifs is 1. The molecule has 8 nitrogen and oxygen atoms in total. The maximum absolute atomic E-state index is 12.0. The first kappa shape index (κ1) is 18.5. The number of sulfonamides is 1. The number of halogens is 1. The van der Waals surface area contributed by atoms with Gasteiger partial charge >= 0.3 is 7.60 Å². The van der Waals surface area contributed by atoms with E-state index in [2.05, 4.69) is 21.2 Å². The third-order valence-corrected chi connectivity index (χ3v) is 6.91. The average molecular weight is 443 g/mol. The van der Waals surface area contributed by atoms with E-state index in [1.807, 2.05) is 4.72 Å². The highest BCUT2D eigenvalue weighted by Gasteiger charge is 2.22. The van der Waals surface area contributed by atoms with Gasteiger partial charge in [-0.1, -0.05) is 15.9 Å². The van der Waals surface area contributed by atoms with E-state index in [-0.39, 0.29) is 15.4 Å². The molecule has 0 saturated carbocycles. The zero-order chi connectivity index (χ0) is 17.3. The Labute approximate surface area is 144 Å². The summed E-state index contributed by atoms with van der Waals surface area (Å²) in [6.45, 7) is 0. The van der Waals surface area contributed by atoms with Crippen LogP contribution in [0.15, 0.2) is 28.5 Å². The molecular formula is C11H12BrN2O6PS2. The van der Waals surface area contributed by atoms with Gasteiger partial charge in [-0.05, 0) is 29.7 Å². The molecule has 0 atom stereocenters. The second-order valence-electron chi connectivity index (χ2n) is 4.47. The van der Waals surface area contributed by atoms with Gasteiger partial charge in [-0.15, -0.1) is 11.3 Å². The number of carbonyl (C=O) groups excluding carboxylic acids is 1. The topological polar surface area (TPSA) is 133 Å². The largest absolute Gasteiger partial charge is 0.340 e. The van der Waals surface area contributed by atoms with Gasteiger partial charge in [0.1, 0.15) is 10.5 Å². The van der Waals surface area contributed by atoms with Gasteiger partial charge < -0.3 is 15.1 Å². The summed E-state index contributed by atoms with van der Waals surface area (Å²) in [7, 11) is -8.50. The van der Waals surface area contributed by atoms with Crippen molar-refractivity contribution in [2.45, 2.75) is 4.21 Å². The molecule has 1 aromatic carbocycles. The second kappa shape index (κ2) is 6.98. The van der Waals surface area contributed by atoms with Crippen molar-refractivity contribution in [3.8, 4) is 0 Å². The van der Waals surface area contributed by atoms with Crippen LogP contribution in [0.25, 0.3) is 10.1 Å². The molecule has 2 rings (SSSR count). The van der Waals surface area contributed by atoms with Crippen LogP contribution in [0, 0.1) is 0 Å². The minimum Gasteiger partial charge on any atom is -0.325 e. The van der Waals surface area contributed by atoms with E-state index >= 15 is 0 Å². The van der Waals surface area contributed by atoms with Gasteiger partial charge in [0.2, 0.25) is 5.91 Å². The summed E-state index contributed by atoms with van der Waals surface area (Å²) < 4.78 is 37.3. The number of thiophene rings is 1. The van der Waals surface area contributed by atoms with Crippen LogP contribution in [0.5, 0.6) is 0 Å². The Morgan fingerprint density at radius 3 is 2.61 bits per heavy atom. The Bertz CT molecular complexity index is 891. The van der Waals surface area contributed by atoms with Crippen molar-refractivity contribution in [1.29, 1.82) is 0 Å². The number of alkyl halides is 1. The van der Waals surface area contributed by atoms with Gasteiger partial charge in [-0.2, -0.15) is 4.72 Å². The molecule has 126 valence electrons. The Balaban J connectivity index is 2.29. The van der Waals surface area contributed by atoms with Crippen LogP contribution >= 0.6 is 34.9 Å². The maximum atomic E-state index is 12.0. The van der Waals surface area contributed by atoms with Crippen LogP contribution in [0.3, 0.4) is 0 Å². The van der Waals surface area contributed by atoms with Crippen LogP contribution in [0.4, 0.5) is 5.69 Å². The fraction of sp³-hybridized carbons (Fsp3) is 0.182. The molecule has 0 spiro atoms. The summed E-state index contributed by atoms with van der Waals surface area (Å²) in [5.74, 6) is -0.240. The molecule has 0 aliphatic carbocycles. The summed E-state index contributed by atoms with van der Waals surface area (Å²) in [4.78, 5) is 28.8. The molecule has 0 fully saturated rings. The Kier molecular flexibility index (Phi) is 5.62. The molecule has 0 radical (unpaired) electrons. The minimum absolute atomic E-state index is 0.0649. The molecular weight excluding hydrogens is 431 g/mol. The molecule has 0 bridgehead atoms. The number of anilines is 1. The van der Waals surface area contributed by atoms with Gasteiger partial charge in [0.15, 0.2) is 0 Å². The highest BCUT2D eigenvalue weighted by molar-refractivity contribution is 9.09. The molecule has 12 heteroatoms. The number of carbonyl (C=O) groups is 1. The van der Waals surface area contributed by atoms with Gasteiger partial charge in [-0.3, -0.25) is 9.36 Å². The normalized spacial score (nSPS) is 12.5. The third-order valence-electron chi connectivity index (χ3n) is 2.62. The average Bonchev–Trinajstić information content (AvgIpc) is 2.88. The highest BCUT2D eigenvalue weighted by atomic mass is 79.9. The lowest BCUT2D eigenvalue weighted by molar-refractivity contribution is -0.113. The fourth-order valence-corrected chi connectivity index (χ4v) is 5.24. The smallest absolute Gasteiger partial charge is 0.325 e. The molecule has 1 heterocycles. The second-order valence-corrected chi connectivity index (χ2v) is 9.75. The van der Waals surface area contributed by atoms with Crippen LogP contribution in [0.2, 0.25) is 0 Å². The summed E-state index contributed by atoms with van der Waals surface area (Å²) in [6, 6.07) is 6.30.